The number of fused-ring (bicyclic) bond motifs is 1. The minimum atomic E-state index is -1.10. The van der Waals surface area contributed by atoms with Crippen LogP contribution in [0.2, 0.25) is 0 Å². The average Bonchev–Trinajstić information content (AvgIpc) is 2.80. The van der Waals surface area contributed by atoms with E-state index >= 15 is 0 Å². The molecule has 1 aromatic rings. The second-order valence-electron chi connectivity index (χ2n) is 4.41. The molecule has 1 atom stereocenters. The van der Waals surface area contributed by atoms with Gasteiger partial charge in [0.2, 0.25) is 0 Å². The Kier molecular flexibility index (Phi) is 2.82. The van der Waals surface area contributed by atoms with Gasteiger partial charge in [-0.3, -0.25) is 9.69 Å². The number of hydrogen-bond donors (Lipinski definition) is 1. The first-order chi connectivity index (χ1) is 9.49. The standard InChI is InChI=1S/C12H10N4O3S/c1-5-6(2)14-15-9(13-5)3-7-10(17)16-8(12(18)19)4-20-11(7)16/h3-4,11H,1-2H3,(H,18,19)/t11-/m1/s1. The number of aryl methyl sites for hydroxylation is 2. The fraction of sp³-hybridized carbons (Fsp3) is 0.250. The van der Waals surface area contributed by atoms with Crippen LogP contribution in [0.4, 0.5) is 0 Å². The number of hydrogen-bond acceptors (Lipinski definition) is 6. The summed E-state index contributed by atoms with van der Waals surface area (Å²) < 4.78 is 0. The van der Waals surface area contributed by atoms with Crippen LogP contribution in [0.25, 0.3) is 6.08 Å². The normalized spacial score (nSPS) is 22.6. The molecule has 0 bridgehead atoms. The first-order valence-electron chi connectivity index (χ1n) is 5.81. The number of thioether (sulfide) groups is 1. The van der Waals surface area contributed by atoms with E-state index in [9.17, 15) is 9.59 Å². The molecule has 1 fully saturated rings. The van der Waals surface area contributed by atoms with Crippen LogP contribution in [0.5, 0.6) is 0 Å². The molecule has 2 aliphatic rings. The third-order valence-corrected chi connectivity index (χ3v) is 4.23. The van der Waals surface area contributed by atoms with Crippen molar-refractivity contribution in [3.05, 3.63) is 33.9 Å². The van der Waals surface area contributed by atoms with Gasteiger partial charge in [-0.05, 0) is 19.9 Å². The molecule has 102 valence electrons. The lowest BCUT2D eigenvalue weighted by Gasteiger charge is -2.36. The second-order valence-corrected chi connectivity index (χ2v) is 5.37. The number of carboxylic acid groups (broad SMARTS) is 1. The first-order valence-corrected chi connectivity index (χ1v) is 6.75. The summed E-state index contributed by atoms with van der Waals surface area (Å²) in [4.78, 5) is 28.4. The zero-order valence-corrected chi connectivity index (χ0v) is 11.5. The van der Waals surface area contributed by atoms with E-state index in [-0.39, 0.29) is 17.0 Å². The maximum Gasteiger partial charge on any atom is 0.353 e. The van der Waals surface area contributed by atoms with Crippen LogP contribution in [0.15, 0.2) is 16.7 Å². The summed E-state index contributed by atoms with van der Waals surface area (Å²) in [6.07, 6.45) is 1.56. The highest BCUT2D eigenvalue weighted by molar-refractivity contribution is 8.03. The number of carbonyl (C=O) groups is 2. The third kappa shape index (κ3) is 1.80. The van der Waals surface area contributed by atoms with Crippen molar-refractivity contribution < 1.29 is 14.7 Å². The number of amides is 1. The number of aromatic nitrogens is 3. The molecule has 8 heteroatoms. The molecular weight excluding hydrogens is 280 g/mol. The Labute approximate surface area is 118 Å². The van der Waals surface area contributed by atoms with Gasteiger partial charge >= 0.3 is 5.97 Å². The molecule has 1 aromatic heterocycles. The Morgan fingerprint density at radius 1 is 1.40 bits per heavy atom. The van der Waals surface area contributed by atoms with Crippen molar-refractivity contribution in [2.24, 2.45) is 0 Å². The van der Waals surface area contributed by atoms with Crippen molar-refractivity contribution in [2.75, 3.05) is 0 Å². The van der Waals surface area contributed by atoms with Gasteiger partial charge in [-0.1, -0.05) is 0 Å². The second kappa shape index (κ2) is 4.41. The van der Waals surface area contributed by atoms with E-state index in [4.69, 9.17) is 5.11 Å². The summed E-state index contributed by atoms with van der Waals surface area (Å²) in [6.45, 7) is 3.62. The molecule has 2 aliphatic heterocycles. The molecule has 7 nitrogen and oxygen atoms in total. The van der Waals surface area contributed by atoms with Crippen molar-refractivity contribution in [2.45, 2.75) is 19.2 Å². The first kappa shape index (κ1) is 12.8. The minimum Gasteiger partial charge on any atom is -0.477 e. The molecule has 0 spiro atoms. The van der Waals surface area contributed by atoms with Crippen LogP contribution in [-0.4, -0.2) is 42.4 Å². The molecule has 3 heterocycles. The molecule has 0 aliphatic carbocycles. The molecule has 0 unspecified atom stereocenters. The molecule has 0 aromatic carbocycles. The van der Waals surface area contributed by atoms with Crippen molar-refractivity contribution in [1.82, 2.24) is 20.1 Å². The van der Waals surface area contributed by atoms with Crippen LogP contribution in [0.3, 0.4) is 0 Å². The zero-order chi connectivity index (χ0) is 14.4. The van der Waals surface area contributed by atoms with E-state index in [0.717, 1.165) is 11.4 Å². The topological polar surface area (TPSA) is 96.3 Å². The number of rotatable bonds is 2. The van der Waals surface area contributed by atoms with Gasteiger partial charge in [0.25, 0.3) is 5.91 Å². The molecule has 0 radical (unpaired) electrons. The highest BCUT2D eigenvalue weighted by Gasteiger charge is 2.49. The van der Waals surface area contributed by atoms with Crippen LogP contribution < -0.4 is 0 Å². The predicted octanol–water partition coefficient (Wildman–Crippen LogP) is 0.713. The fourth-order valence-electron chi connectivity index (χ4n) is 1.94. The molecule has 1 saturated heterocycles. The van der Waals surface area contributed by atoms with Crippen molar-refractivity contribution in [3.8, 4) is 0 Å². The van der Waals surface area contributed by atoms with Crippen molar-refractivity contribution >= 4 is 29.7 Å². The van der Waals surface area contributed by atoms with Crippen molar-refractivity contribution in [1.29, 1.82) is 0 Å². The van der Waals surface area contributed by atoms with Gasteiger partial charge in [0, 0.05) is 5.41 Å². The zero-order valence-electron chi connectivity index (χ0n) is 10.7. The summed E-state index contributed by atoms with van der Waals surface area (Å²) in [7, 11) is 0. The van der Waals surface area contributed by atoms with Crippen LogP contribution >= 0.6 is 11.8 Å². The number of nitrogens with zero attached hydrogens (tertiary/aromatic N) is 4. The van der Waals surface area contributed by atoms with E-state index < -0.39 is 5.97 Å². The highest BCUT2D eigenvalue weighted by Crippen LogP contribution is 2.44. The van der Waals surface area contributed by atoms with Crippen LogP contribution in [0.1, 0.15) is 17.2 Å². The number of β-lactam (4-membered cyclic amide) rings is 1. The fourth-order valence-corrected chi connectivity index (χ4v) is 3.06. The van der Waals surface area contributed by atoms with E-state index in [1.165, 1.54) is 22.1 Å². The van der Waals surface area contributed by atoms with Gasteiger partial charge in [0.1, 0.15) is 11.1 Å². The van der Waals surface area contributed by atoms with Gasteiger partial charge in [0.05, 0.1) is 17.0 Å². The average molecular weight is 290 g/mol. The van der Waals surface area contributed by atoms with Crippen LogP contribution in [0, 0.1) is 13.8 Å². The Bertz CT molecular complexity index is 698. The van der Waals surface area contributed by atoms with Gasteiger partial charge in [-0.15, -0.1) is 16.9 Å². The largest absolute Gasteiger partial charge is 0.477 e. The van der Waals surface area contributed by atoms with Gasteiger partial charge in [0.15, 0.2) is 5.82 Å². The molecule has 0 saturated carbocycles. The molecule has 1 amide bonds. The van der Waals surface area contributed by atoms with Gasteiger partial charge in [-0.25, -0.2) is 9.78 Å². The summed E-state index contributed by atoms with van der Waals surface area (Å²) in [5.41, 5.74) is 1.99. The SMILES string of the molecule is Cc1nnc(C=C2C(=O)N3C(C(=O)O)=CS[C@H]23)nc1C. The lowest BCUT2D eigenvalue weighted by molar-refractivity contribution is -0.141. The van der Waals surface area contributed by atoms with Crippen molar-refractivity contribution in [3.63, 3.8) is 0 Å². The van der Waals surface area contributed by atoms with E-state index in [0.29, 0.717) is 11.4 Å². The Morgan fingerprint density at radius 2 is 2.15 bits per heavy atom. The van der Waals surface area contributed by atoms with E-state index in [1.807, 2.05) is 6.92 Å². The molecular formula is C12H10N4O3S. The van der Waals surface area contributed by atoms with Gasteiger partial charge in [-0.2, -0.15) is 5.10 Å². The van der Waals surface area contributed by atoms with Crippen LogP contribution in [-0.2, 0) is 9.59 Å². The lowest BCUT2D eigenvalue weighted by atomic mass is 10.0. The maximum absolute atomic E-state index is 12.0. The summed E-state index contributed by atoms with van der Waals surface area (Å²) in [5, 5.41) is 18.0. The van der Waals surface area contributed by atoms with Gasteiger partial charge < -0.3 is 5.11 Å². The Hall–Kier alpha value is -2.22. The Balaban J connectivity index is 1.88. The summed E-state index contributed by atoms with van der Waals surface area (Å²) >= 11 is 1.28. The molecule has 20 heavy (non-hydrogen) atoms. The summed E-state index contributed by atoms with van der Waals surface area (Å²) in [6, 6.07) is 0. The molecule has 1 N–H and O–H groups in total. The highest BCUT2D eigenvalue weighted by atomic mass is 32.2. The summed E-state index contributed by atoms with van der Waals surface area (Å²) in [5.74, 6) is -1.06. The minimum absolute atomic E-state index is 0.0151. The molecule has 3 rings (SSSR count). The maximum atomic E-state index is 12.0. The number of aliphatic carboxylic acids is 1. The van der Waals surface area contributed by atoms with E-state index in [1.54, 1.807) is 13.0 Å². The lowest BCUT2D eigenvalue weighted by Crippen LogP contribution is -2.51. The predicted molar refractivity (Wildman–Crippen MR) is 71.2 cm³/mol. The number of carboxylic acids is 1. The number of carbonyl (C=O) groups excluding carboxylic acids is 1. The monoisotopic (exact) mass is 290 g/mol. The Morgan fingerprint density at radius 3 is 2.80 bits per heavy atom. The quantitative estimate of drug-likeness (QED) is 0.633. The van der Waals surface area contributed by atoms with E-state index in [2.05, 4.69) is 15.2 Å². The smallest absolute Gasteiger partial charge is 0.353 e. The third-order valence-electron chi connectivity index (χ3n) is 3.15.